The first-order chi connectivity index (χ1) is 12.7. The Morgan fingerprint density at radius 2 is 1.50 bits per heavy atom. The molecule has 0 radical (unpaired) electrons. The molecule has 0 heterocycles. The van der Waals surface area contributed by atoms with Crippen LogP contribution in [0.4, 0.5) is 0 Å². The summed E-state index contributed by atoms with van der Waals surface area (Å²) in [6.45, 7) is 4.68. The average Bonchev–Trinajstić information content (AvgIpc) is 2.64. The highest BCUT2D eigenvalue weighted by Crippen LogP contribution is 2.40. The Kier molecular flexibility index (Phi) is 8.45. The van der Waals surface area contributed by atoms with Crippen molar-refractivity contribution in [3.63, 3.8) is 0 Å². The molecule has 0 aromatic heterocycles. The molecule has 0 spiro atoms. The normalized spacial score (nSPS) is 10.8. The van der Waals surface area contributed by atoms with Gasteiger partial charge in [0.05, 0.1) is 5.56 Å². The summed E-state index contributed by atoms with van der Waals surface area (Å²) in [5.74, 6) is 1.55. The summed E-state index contributed by atoms with van der Waals surface area (Å²) in [7, 11) is 3.25. The SMILES string of the molecule is CCCCCc1cc(OCOC)c(-c2cccc(C)c2)c(OCOC)c1. The van der Waals surface area contributed by atoms with E-state index in [2.05, 4.69) is 44.2 Å². The fraction of sp³-hybridized carbons (Fsp3) is 0.455. The van der Waals surface area contributed by atoms with Crippen molar-refractivity contribution in [3.8, 4) is 22.6 Å². The molecular weight excluding hydrogens is 328 g/mol. The third-order valence-corrected chi connectivity index (χ3v) is 4.17. The van der Waals surface area contributed by atoms with Crippen LogP contribution >= 0.6 is 0 Å². The zero-order valence-electron chi connectivity index (χ0n) is 16.3. The van der Waals surface area contributed by atoms with Crippen LogP contribution in [0.3, 0.4) is 0 Å². The van der Waals surface area contributed by atoms with Gasteiger partial charge in [-0.25, -0.2) is 0 Å². The maximum Gasteiger partial charge on any atom is 0.188 e. The average molecular weight is 358 g/mol. The Morgan fingerprint density at radius 3 is 2.04 bits per heavy atom. The van der Waals surface area contributed by atoms with Gasteiger partial charge < -0.3 is 18.9 Å². The fourth-order valence-corrected chi connectivity index (χ4v) is 2.93. The van der Waals surface area contributed by atoms with Crippen LogP contribution in [0.15, 0.2) is 36.4 Å². The van der Waals surface area contributed by atoms with Gasteiger partial charge in [-0.05, 0) is 43.0 Å². The van der Waals surface area contributed by atoms with Crippen molar-refractivity contribution in [1.82, 2.24) is 0 Å². The van der Waals surface area contributed by atoms with E-state index in [9.17, 15) is 0 Å². The van der Waals surface area contributed by atoms with E-state index in [-0.39, 0.29) is 13.6 Å². The molecular formula is C22H30O4. The van der Waals surface area contributed by atoms with Gasteiger partial charge in [-0.2, -0.15) is 0 Å². The van der Waals surface area contributed by atoms with E-state index in [0.29, 0.717) is 0 Å². The van der Waals surface area contributed by atoms with Crippen LogP contribution in [0.1, 0.15) is 37.3 Å². The maximum atomic E-state index is 5.91. The number of rotatable bonds is 11. The molecule has 142 valence electrons. The number of unbranched alkanes of at least 4 members (excludes halogenated alkanes) is 2. The number of hydrogen-bond acceptors (Lipinski definition) is 4. The summed E-state index contributed by atoms with van der Waals surface area (Å²) in [4.78, 5) is 0. The Hall–Kier alpha value is -2.04. The van der Waals surface area contributed by atoms with Crippen LogP contribution < -0.4 is 9.47 Å². The Labute approximate surface area is 157 Å². The van der Waals surface area contributed by atoms with Gasteiger partial charge in [-0.15, -0.1) is 0 Å². The second-order valence-corrected chi connectivity index (χ2v) is 6.40. The fourth-order valence-electron chi connectivity index (χ4n) is 2.93. The molecule has 2 aromatic rings. The summed E-state index contributed by atoms with van der Waals surface area (Å²) >= 11 is 0. The Bertz CT molecular complexity index is 653. The zero-order chi connectivity index (χ0) is 18.8. The molecule has 4 heteroatoms. The molecule has 2 aromatic carbocycles. The molecule has 0 aliphatic carbocycles. The standard InChI is InChI=1S/C22H30O4/c1-5-6-7-10-18-13-20(25-15-23-3)22(21(14-18)26-16-24-4)19-11-8-9-17(2)12-19/h8-9,11-14H,5-7,10,15-16H2,1-4H3. The van der Waals surface area contributed by atoms with Crippen LogP contribution in [0.2, 0.25) is 0 Å². The highest BCUT2D eigenvalue weighted by Gasteiger charge is 2.16. The van der Waals surface area contributed by atoms with Gasteiger partial charge in [0.1, 0.15) is 11.5 Å². The van der Waals surface area contributed by atoms with Gasteiger partial charge in [-0.3, -0.25) is 0 Å². The van der Waals surface area contributed by atoms with E-state index in [4.69, 9.17) is 18.9 Å². The number of aryl methyl sites for hydroxylation is 2. The van der Waals surface area contributed by atoms with Crippen LogP contribution in [0.25, 0.3) is 11.1 Å². The monoisotopic (exact) mass is 358 g/mol. The summed E-state index contributed by atoms with van der Waals surface area (Å²) in [6, 6.07) is 12.5. The van der Waals surface area contributed by atoms with E-state index < -0.39 is 0 Å². The van der Waals surface area contributed by atoms with E-state index >= 15 is 0 Å². The molecule has 4 nitrogen and oxygen atoms in total. The molecule has 0 saturated carbocycles. The van der Waals surface area contributed by atoms with Crippen molar-refractivity contribution in [2.24, 2.45) is 0 Å². The first-order valence-electron chi connectivity index (χ1n) is 9.17. The van der Waals surface area contributed by atoms with Crippen LogP contribution in [0, 0.1) is 6.92 Å². The predicted molar refractivity (Wildman–Crippen MR) is 105 cm³/mol. The Morgan fingerprint density at radius 1 is 0.846 bits per heavy atom. The summed E-state index contributed by atoms with van der Waals surface area (Å²) < 4.78 is 22.1. The smallest absolute Gasteiger partial charge is 0.188 e. The highest BCUT2D eigenvalue weighted by atomic mass is 16.7. The van der Waals surface area contributed by atoms with Crippen molar-refractivity contribution < 1.29 is 18.9 Å². The molecule has 0 N–H and O–H groups in total. The third-order valence-electron chi connectivity index (χ3n) is 4.17. The minimum Gasteiger partial charge on any atom is -0.467 e. The van der Waals surface area contributed by atoms with Crippen molar-refractivity contribution >= 4 is 0 Å². The first kappa shape index (κ1) is 20.3. The molecule has 26 heavy (non-hydrogen) atoms. The molecule has 0 amide bonds. The lowest BCUT2D eigenvalue weighted by molar-refractivity contribution is 0.0468. The lowest BCUT2D eigenvalue weighted by Crippen LogP contribution is -2.05. The number of methoxy groups -OCH3 is 2. The van der Waals surface area contributed by atoms with Gasteiger partial charge in [-0.1, -0.05) is 49.6 Å². The van der Waals surface area contributed by atoms with Gasteiger partial charge in [0.15, 0.2) is 13.6 Å². The topological polar surface area (TPSA) is 36.9 Å². The molecule has 2 rings (SSSR count). The van der Waals surface area contributed by atoms with E-state index in [0.717, 1.165) is 35.5 Å². The number of benzene rings is 2. The molecule has 0 unspecified atom stereocenters. The van der Waals surface area contributed by atoms with E-state index in [1.807, 2.05) is 6.07 Å². The van der Waals surface area contributed by atoms with Gasteiger partial charge in [0.25, 0.3) is 0 Å². The molecule has 0 bridgehead atoms. The minimum absolute atomic E-state index is 0.195. The van der Waals surface area contributed by atoms with Crippen molar-refractivity contribution in [1.29, 1.82) is 0 Å². The lowest BCUT2D eigenvalue weighted by atomic mass is 9.97. The third kappa shape index (κ3) is 5.75. The van der Waals surface area contributed by atoms with E-state index in [1.54, 1.807) is 14.2 Å². The maximum absolute atomic E-state index is 5.91. The second-order valence-electron chi connectivity index (χ2n) is 6.40. The first-order valence-corrected chi connectivity index (χ1v) is 9.17. The largest absolute Gasteiger partial charge is 0.467 e. The summed E-state index contributed by atoms with van der Waals surface area (Å²) in [5.41, 5.74) is 4.38. The zero-order valence-corrected chi connectivity index (χ0v) is 16.3. The summed E-state index contributed by atoms with van der Waals surface area (Å²) in [5, 5.41) is 0. The van der Waals surface area contributed by atoms with Crippen LogP contribution in [-0.2, 0) is 15.9 Å². The van der Waals surface area contributed by atoms with Crippen molar-refractivity contribution in [2.75, 3.05) is 27.8 Å². The molecule has 0 atom stereocenters. The second kappa shape index (κ2) is 10.8. The Balaban J connectivity index is 2.48. The van der Waals surface area contributed by atoms with Crippen LogP contribution in [-0.4, -0.2) is 27.8 Å². The summed E-state index contributed by atoms with van der Waals surface area (Å²) in [6.07, 6.45) is 4.55. The predicted octanol–water partition coefficient (Wildman–Crippen LogP) is 5.36. The van der Waals surface area contributed by atoms with Crippen molar-refractivity contribution in [2.45, 2.75) is 39.5 Å². The molecule has 0 saturated heterocycles. The minimum atomic E-state index is 0.195. The lowest BCUT2D eigenvalue weighted by Gasteiger charge is -2.18. The van der Waals surface area contributed by atoms with E-state index in [1.165, 1.54) is 24.0 Å². The molecule has 0 aliphatic heterocycles. The molecule has 0 aliphatic rings. The quantitative estimate of drug-likeness (QED) is 0.400. The number of hydrogen-bond donors (Lipinski definition) is 0. The van der Waals surface area contributed by atoms with Gasteiger partial charge in [0.2, 0.25) is 0 Å². The number of ether oxygens (including phenoxy) is 4. The van der Waals surface area contributed by atoms with Crippen LogP contribution in [0.5, 0.6) is 11.5 Å². The van der Waals surface area contributed by atoms with Crippen molar-refractivity contribution in [3.05, 3.63) is 47.5 Å². The highest BCUT2D eigenvalue weighted by molar-refractivity contribution is 5.78. The molecule has 0 fully saturated rings. The van der Waals surface area contributed by atoms with Gasteiger partial charge in [0, 0.05) is 14.2 Å². The van der Waals surface area contributed by atoms with Gasteiger partial charge >= 0.3 is 0 Å².